The van der Waals surface area contributed by atoms with E-state index < -0.39 is 0 Å². The normalized spacial score (nSPS) is 15.4. The lowest BCUT2D eigenvalue weighted by Crippen LogP contribution is -2.49. The van der Waals surface area contributed by atoms with Crippen molar-refractivity contribution in [3.8, 4) is 0 Å². The van der Waals surface area contributed by atoms with Crippen molar-refractivity contribution in [2.75, 3.05) is 31.1 Å². The molecule has 3 rings (SSSR count). The van der Waals surface area contributed by atoms with Crippen molar-refractivity contribution in [2.24, 2.45) is 0 Å². The van der Waals surface area contributed by atoms with Crippen LogP contribution in [0, 0.1) is 0 Å². The van der Waals surface area contributed by atoms with Crippen molar-refractivity contribution in [2.45, 2.75) is 0 Å². The average Bonchev–Trinajstić information content (AvgIpc) is 3.02. The van der Waals surface area contributed by atoms with Gasteiger partial charge in [0.05, 0.1) is 0 Å². The van der Waals surface area contributed by atoms with Gasteiger partial charge in [0.2, 0.25) is 0 Å². The lowest BCUT2D eigenvalue weighted by Gasteiger charge is -2.35. The third kappa shape index (κ3) is 2.57. The molecule has 0 unspecified atom stereocenters. The van der Waals surface area contributed by atoms with Gasteiger partial charge in [-0.1, -0.05) is 11.6 Å². The van der Waals surface area contributed by atoms with E-state index in [9.17, 15) is 4.79 Å². The summed E-state index contributed by atoms with van der Waals surface area (Å²) >= 11 is 5.88. The van der Waals surface area contributed by atoms with Gasteiger partial charge < -0.3 is 9.80 Å². The van der Waals surface area contributed by atoms with Crippen LogP contribution in [0.25, 0.3) is 0 Å². The summed E-state index contributed by atoms with van der Waals surface area (Å²) in [6.07, 6.45) is 0. The quantitative estimate of drug-likeness (QED) is 0.886. The number of nitrogens with zero attached hydrogens (tertiary/aromatic N) is 5. The lowest BCUT2D eigenvalue weighted by atomic mass is 10.2. The number of nitrogens with one attached hydrogen (secondary N) is 1. The molecule has 0 bridgehead atoms. The number of piperazine rings is 1. The molecule has 1 aromatic heterocycles. The summed E-state index contributed by atoms with van der Waals surface area (Å²) in [7, 11) is 0. The molecular weight excluding hydrogens is 280 g/mol. The fourth-order valence-corrected chi connectivity index (χ4v) is 2.34. The molecule has 0 atom stereocenters. The first kappa shape index (κ1) is 12.9. The molecule has 1 N–H and O–H groups in total. The number of aromatic nitrogens is 4. The summed E-state index contributed by atoms with van der Waals surface area (Å²) in [5, 5.41) is 13.8. The number of halogens is 1. The van der Waals surface area contributed by atoms with Gasteiger partial charge in [0.25, 0.3) is 11.7 Å². The van der Waals surface area contributed by atoms with E-state index in [0.717, 1.165) is 23.8 Å². The van der Waals surface area contributed by atoms with Gasteiger partial charge in [-0.15, -0.1) is 10.2 Å². The Bertz CT molecular complexity index is 577. The minimum atomic E-state index is -0.186. The van der Waals surface area contributed by atoms with Gasteiger partial charge in [0.1, 0.15) is 0 Å². The molecule has 1 fully saturated rings. The molecule has 0 radical (unpaired) electrons. The number of hydrogen-bond acceptors (Lipinski definition) is 5. The molecule has 0 saturated carbocycles. The Labute approximate surface area is 120 Å². The van der Waals surface area contributed by atoms with Crippen LogP contribution < -0.4 is 4.90 Å². The number of benzene rings is 1. The molecule has 8 heteroatoms. The highest BCUT2D eigenvalue weighted by Gasteiger charge is 2.24. The monoisotopic (exact) mass is 292 g/mol. The summed E-state index contributed by atoms with van der Waals surface area (Å²) in [5.74, 6) is -0.0700. The van der Waals surface area contributed by atoms with Crippen LogP contribution in [0.15, 0.2) is 24.3 Å². The third-order valence-electron chi connectivity index (χ3n) is 3.30. The number of rotatable bonds is 2. The predicted molar refractivity (Wildman–Crippen MR) is 73.7 cm³/mol. The zero-order valence-corrected chi connectivity index (χ0v) is 11.4. The van der Waals surface area contributed by atoms with Crippen LogP contribution in [-0.2, 0) is 0 Å². The number of anilines is 1. The second-order valence-electron chi connectivity index (χ2n) is 4.49. The van der Waals surface area contributed by atoms with Gasteiger partial charge in [-0.2, -0.15) is 5.21 Å². The van der Waals surface area contributed by atoms with Gasteiger partial charge in [0, 0.05) is 36.9 Å². The summed E-state index contributed by atoms with van der Waals surface area (Å²) < 4.78 is 0. The smallest absolute Gasteiger partial charge is 0.295 e. The van der Waals surface area contributed by atoms with Crippen LogP contribution in [0.2, 0.25) is 5.02 Å². The topological polar surface area (TPSA) is 78.0 Å². The van der Waals surface area contributed by atoms with E-state index in [2.05, 4.69) is 25.5 Å². The zero-order valence-electron chi connectivity index (χ0n) is 10.7. The lowest BCUT2D eigenvalue weighted by molar-refractivity contribution is 0.0734. The second kappa shape index (κ2) is 5.46. The van der Waals surface area contributed by atoms with E-state index in [1.807, 2.05) is 24.3 Å². The number of carbonyl (C=O) groups is 1. The number of amides is 1. The Balaban J connectivity index is 1.62. The first-order valence-corrected chi connectivity index (χ1v) is 6.65. The van der Waals surface area contributed by atoms with Crippen molar-refractivity contribution in [1.29, 1.82) is 0 Å². The summed E-state index contributed by atoms with van der Waals surface area (Å²) in [6.45, 7) is 2.81. The summed E-state index contributed by atoms with van der Waals surface area (Å²) in [5.41, 5.74) is 1.11. The molecule has 20 heavy (non-hydrogen) atoms. The highest BCUT2D eigenvalue weighted by molar-refractivity contribution is 6.30. The fourth-order valence-electron chi connectivity index (χ4n) is 2.21. The Morgan fingerprint density at radius 1 is 1.15 bits per heavy atom. The molecular formula is C12H13ClN6O. The largest absolute Gasteiger partial charge is 0.368 e. The highest BCUT2D eigenvalue weighted by atomic mass is 35.5. The molecule has 0 spiro atoms. The number of tetrazole rings is 1. The highest BCUT2D eigenvalue weighted by Crippen LogP contribution is 2.19. The van der Waals surface area contributed by atoms with Crippen LogP contribution in [-0.4, -0.2) is 57.6 Å². The molecule has 104 valence electrons. The molecule has 1 aliphatic rings. The zero-order chi connectivity index (χ0) is 13.9. The van der Waals surface area contributed by atoms with Crippen LogP contribution in [0.1, 0.15) is 10.6 Å². The Kier molecular flexibility index (Phi) is 3.51. The van der Waals surface area contributed by atoms with Gasteiger partial charge >= 0.3 is 0 Å². The summed E-state index contributed by atoms with van der Waals surface area (Å²) in [6, 6.07) is 7.71. The van der Waals surface area contributed by atoms with Gasteiger partial charge in [-0.25, -0.2) is 0 Å². The molecule has 1 amide bonds. The molecule has 2 heterocycles. The van der Waals surface area contributed by atoms with Crippen molar-refractivity contribution in [3.05, 3.63) is 35.1 Å². The standard InChI is InChI=1S/C12H13ClN6O/c13-9-1-3-10(4-2-9)18-5-7-19(8-6-18)12(20)11-14-16-17-15-11/h1-4H,5-8H2,(H,14,15,16,17). The minimum Gasteiger partial charge on any atom is -0.368 e. The van der Waals surface area contributed by atoms with Crippen LogP contribution in [0.3, 0.4) is 0 Å². The number of hydrogen-bond donors (Lipinski definition) is 1. The molecule has 1 aliphatic heterocycles. The minimum absolute atomic E-state index is 0.116. The van der Waals surface area contributed by atoms with E-state index in [1.165, 1.54) is 0 Å². The number of H-pyrrole nitrogens is 1. The van der Waals surface area contributed by atoms with Gasteiger partial charge in [-0.05, 0) is 29.5 Å². The van der Waals surface area contributed by atoms with Crippen molar-refractivity contribution >= 4 is 23.2 Å². The van der Waals surface area contributed by atoms with Crippen molar-refractivity contribution in [3.63, 3.8) is 0 Å². The SMILES string of the molecule is O=C(c1nn[nH]n1)N1CCN(c2ccc(Cl)cc2)CC1. The van der Waals surface area contributed by atoms with Crippen LogP contribution in [0.4, 0.5) is 5.69 Å². The van der Waals surface area contributed by atoms with E-state index >= 15 is 0 Å². The summed E-state index contributed by atoms with van der Waals surface area (Å²) in [4.78, 5) is 16.0. The van der Waals surface area contributed by atoms with E-state index in [-0.39, 0.29) is 11.7 Å². The molecule has 1 aromatic carbocycles. The molecule has 7 nitrogen and oxygen atoms in total. The maximum Gasteiger partial charge on any atom is 0.295 e. The van der Waals surface area contributed by atoms with E-state index in [4.69, 9.17) is 11.6 Å². The van der Waals surface area contributed by atoms with Crippen LogP contribution in [0.5, 0.6) is 0 Å². The first-order valence-electron chi connectivity index (χ1n) is 6.27. The molecule has 0 aliphatic carbocycles. The first-order chi connectivity index (χ1) is 9.74. The Morgan fingerprint density at radius 2 is 1.85 bits per heavy atom. The fraction of sp³-hybridized carbons (Fsp3) is 0.333. The molecule has 2 aromatic rings. The number of aromatic amines is 1. The maximum absolute atomic E-state index is 12.1. The second-order valence-corrected chi connectivity index (χ2v) is 4.93. The molecule has 1 saturated heterocycles. The van der Waals surface area contributed by atoms with E-state index in [1.54, 1.807) is 4.90 Å². The van der Waals surface area contributed by atoms with Crippen LogP contribution >= 0.6 is 11.6 Å². The third-order valence-corrected chi connectivity index (χ3v) is 3.55. The Morgan fingerprint density at radius 3 is 2.45 bits per heavy atom. The van der Waals surface area contributed by atoms with E-state index in [0.29, 0.717) is 13.1 Å². The Hall–Kier alpha value is -2.15. The number of carbonyl (C=O) groups excluding carboxylic acids is 1. The van der Waals surface area contributed by atoms with Crippen molar-refractivity contribution < 1.29 is 4.79 Å². The van der Waals surface area contributed by atoms with Gasteiger partial charge in [-0.3, -0.25) is 4.79 Å². The average molecular weight is 293 g/mol. The van der Waals surface area contributed by atoms with Gasteiger partial charge in [0.15, 0.2) is 0 Å². The maximum atomic E-state index is 12.1. The van der Waals surface area contributed by atoms with Crippen molar-refractivity contribution in [1.82, 2.24) is 25.5 Å². The predicted octanol–water partition coefficient (Wildman–Crippen LogP) is 0.815.